The molecule has 158 valence electrons. The van der Waals surface area contributed by atoms with E-state index in [1.165, 1.54) is 11.2 Å². The number of furan rings is 1. The van der Waals surface area contributed by atoms with Crippen LogP contribution in [0.2, 0.25) is 5.02 Å². The van der Waals surface area contributed by atoms with Gasteiger partial charge in [0.2, 0.25) is 5.58 Å². The van der Waals surface area contributed by atoms with Gasteiger partial charge in [-0.2, -0.15) is 0 Å². The zero-order valence-electron chi connectivity index (χ0n) is 16.6. The Labute approximate surface area is 181 Å². The molecule has 31 heavy (non-hydrogen) atoms. The summed E-state index contributed by atoms with van der Waals surface area (Å²) in [5.74, 6) is -1.12. The van der Waals surface area contributed by atoms with Crippen LogP contribution in [0.5, 0.6) is 0 Å². The van der Waals surface area contributed by atoms with Crippen LogP contribution in [0.15, 0.2) is 64.1 Å². The molecule has 2 aromatic heterocycles. The zero-order chi connectivity index (χ0) is 22.0. The third-order valence-electron chi connectivity index (χ3n) is 4.74. The fourth-order valence-corrected chi connectivity index (χ4v) is 3.38. The predicted molar refractivity (Wildman–Crippen MR) is 115 cm³/mol. The number of likely N-dealkylation sites (N-methyl/N-ethyl adjacent to an activating group) is 1. The molecule has 0 saturated heterocycles. The largest absolute Gasteiger partial charge is 0.454 e. The number of hydrogen-bond donors (Lipinski definition) is 0. The SMILES string of the molecule is CN(Cc1cccc(Cl)c1)C(=O)COC(=O)Cn1cnc2c(oc3ccccc32)c1=O. The topological polar surface area (TPSA) is 94.6 Å². The first kappa shape index (κ1) is 20.6. The standard InChI is InChI=1S/C22H18ClN3O5/c1-25(10-14-5-4-6-15(23)9-14)18(27)12-30-19(28)11-26-13-24-20-16-7-2-3-8-17(16)31-21(20)22(26)29/h2-9,13H,10-12H2,1H3. The number of fused-ring (bicyclic) bond motifs is 3. The maximum atomic E-state index is 12.6. The van der Waals surface area contributed by atoms with Crippen molar-refractivity contribution in [2.45, 2.75) is 13.1 Å². The lowest BCUT2D eigenvalue weighted by Gasteiger charge is -2.17. The smallest absolute Gasteiger partial charge is 0.326 e. The van der Waals surface area contributed by atoms with Crippen LogP contribution >= 0.6 is 11.6 Å². The average Bonchev–Trinajstić information content (AvgIpc) is 3.13. The summed E-state index contributed by atoms with van der Waals surface area (Å²) in [5.41, 5.74) is 1.39. The van der Waals surface area contributed by atoms with Crippen LogP contribution in [0.4, 0.5) is 0 Å². The number of halogens is 1. The quantitative estimate of drug-likeness (QED) is 0.429. The number of amides is 1. The summed E-state index contributed by atoms with van der Waals surface area (Å²) in [6.45, 7) is -0.502. The molecule has 2 aromatic carbocycles. The second-order valence-corrected chi connectivity index (χ2v) is 7.43. The van der Waals surface area contributed by atoms with Crippen LogP contribution in [0, 0.1) is 0 Å². The number of para-hydroxylation sites is 1. The van der Waals surface area contributed by atoms with E-state index in [0.717, 1.165) is 15.5 Å². The van der Waals surface area contributed by atoms with Gasteiger partial charge in [0.25, 0.3) is 11.5 Å². The van der Waals surface area contributed by atoms with Gasteiger partial charge in [0.05, 0.1) is 6.33 Å². The van der Waals surface area contributed by atoms with E-state index < -0.39 is 18.1 Å². The van der Waals surface area contributed by atoms with Crippen LogP contribution in [0.25, 0.3) is 22.1 Å². The molecular formula is C22H18ClN3O5. The molecule has 8 nitrogen and oxygen atoms in total. The third-order valence-corrected chi connectivity index (χ3v) is 4.98. The summed E-state index contributed by atoms with van der Waals surface area (Å²) in [7, 11) is 1.60. The van der Waals surface area contributed by atoms with Gasteiger partial charge in [-0.25, -0.2) is 4.98 Å². The monoisotopic (exact) mass is 439 g/mol. The van der Waals surface area contributed by atoms with Gasteiger partial charge in [-0.05, 0) is 29.8 Å². The Morgan fingerprint density at radius 2 is 2.00 bits per heavy atom. The zero-order valence-corrected chi connectivity index (χ0v) is 17.3. The second-order valence-electron chi connectivity index (χ2n) is 6.99. The number of benzene rings is 2. The van der Waals surface area contributed by atoms with Crippen molar-refractivity contribution in [3.63, 3.8) is 0 Å². The Balaban J connectivity index is 1.39. The Morgan fingerprint density at radius 1 is 1.19 bits per heavy atom. The lowest BCUT2D eigenvalue weighted by Crippen LogP contribution is -2.32. The van der Waals surface area contributed by atoms with Gasteiger partial charge in [-0.1, -0.05) is 35.9 Å². The Morgan fingerprint density at radius 3 is 2.81 bits per heavy atom. The van der Waals surface area contributed by atoms with E-state index in [0.29, 0.717) is 22.7 Å². The minimum Gasteiger partial charge on any atom is -0.454 e. The highest BCUT2D eigenvalue weighted by molar-refractivity contribution is 6.30. The van der Waals surface area contributed by atoms with Crippen LogP contribution < -0.4 is 5.56 Å². The molecule has 0 saturated carbocycles. The van der Waals surface area contributed by atoms with E-state index >= 15 is 0 Å². The van der Waals surface area contributed by atoms with E-state index in [1.54, 1.807) is 43.4 Å². The molecule has 4 aromatic rings. The number of carbonyl (C=O) groups excluding carboxylic acids is 2. The van der Waals surface area contributed by atoms with Crippen molar-refractivity contribution in [1.29, 1.82) is 0 Å². The van der Waals surface area contributed by atoms with Crippen molar-refractivity contribution >= 4 is 45.5 Å². The third kappa shape index (κ3) is 4.44. The molecule has 0 fully saturated rings. The van der Waals surface area contributed by atoms with Gasteiger partial charge in [-0.3, -0.25) is 19.0 Å². The van der Waals surface area contributed by atoms with Gasteiger partial charge in [-0.15, -0.1) is 0 Å². The van der Waals surface area contributed by atoms with Gasteiger partial charge < -0.3 is 14.1 Å². The van der Waals surface area contributed by atoms with Gasteiger partial charge >= 0.3 is 5.97 Å². The number of hydrogen-bond acceptors (Lipinski definition) is 6. The van der Waals surface area contributed by atoms with Crippen molar-refractivity contribution in [1.82, 2.24) is 14.5 Å². The highest BCUT2D eigenvalue weighted by Gasteiger charge is 2.17. The van der Waals surface area contributed by atoms with Gasteiger partial charge in [0.15, 0.2) is 6.61 Å². The number of carbonyl (C=O) groups is 2. The summed E-state index contributed by atoms with van der Waals surface area (Å²) in [5, 5.41) is 1.29. The van der Waals surface area contributed by atoms with Crippen molar-refractivity contribution in [3.05, 3.63) is 75.8 Å². The number of rotatable bonds is 6. The molecule has 1 amide bonds. The number of nitrogens with zero attached hydrogens (tertiary/aromatic N) is 3. The van der Waals surface area contributed by atoms with Crippen molar-refractivity contribution < 1.29 is 18.7 Å². The highest BCUT2D eigenvalue weighted by atomic mass is 35.5. The van der Waals surface area contributed by atoms with E-state index in [9.17, 15) is 14.4 Å². The van der Waals surface area contributed by atoms with Crippen LogP contribution in [-0.4, -0.2) is 40.0 Å². The van der Waals surface area contributed by atoms with Crippen molar-refractivity contribution in [2.75, 3.05) is 13.7 Å². The van der Waals surface area contributed by atoms with E-state index in [1.807, 2.05) is 12.1 Å². The Kier molecular flexibility index (Phi) is 5.73. The second kappa shape index (κ2) is 8.61. The van der Waals surface area contributed by atoms with Crippen LogP contribution in [0.1, 0.15) is 5.56 Å². The molecule has 0 aliphatic rings. The molecule has 0 aliphatic carbocycles. The average molecular weight is 440 g/mol. The first-order valence-corrected chi connectivity index (χ1v) is 9.81. The molecule has 0 aliphatic heterocycles. The fourth-order valence-electron chi connectivity index (χ4n) is 3.16. The minimum absolute atomic E-state index is 0.0637. The van der Waals surface area contributed by atoms with Gasteiger partial charge in [0, 0.05) is 24.0 Å². The number of aromatic nitrogens is 2. The normalized spacial score (nSPS) is 11.0. The van der Waals surface area contributed by atoms with Crippen molar-refractivity contribution in [3.8, 4) is 0 Å². The molecule has 9 heteroatoms. The minimum atomic E-state index is -0.733. The summed E-state index contributed by atoms with van der Waals surface area (Å²) in [6, 6.07) is 14.3. The number of ether oxygens (including phenoxy) is 1. The molecular weight excluding hydrogens is 422 g/mol. The molecule has 2 heterocycles. The Bertz CT molecular complexity index is 1340. The predicted octanol–water partition coefficient (Wildman–Crippen LogP) is 3.00. The number of esters is 1. The highest BCUT2D eigenvalue weighted by Crippen LogP contribution is 2.24. The first-order valence-electron chi connectivity index (χ1n) is 9.43. The molecule has 0 bridgehead atoms. The van der Waals surface area contributed by atoms with Crippen molar-refractivity contribution in [2.24, 2.45) is 0 Å². The molecule has 0 N–H and O–H groups in total. The summed E-state index contributed by atoms with van der Waals surface area (Å²) >= 11 is 5.95. The maximum absolute atomic E-state index is 12.6. The van der Waals surface area contributed by atoms with E-state index in [2.05, 4.69) is 4.98 Å². The lowest BCUT2D eigenvalue weighted by atomic mass is 10.2. The van der Waals surface area contributed by atoms with Gasteiger partial charge in [0.1, 0.15) is 17.6 Å². The molecule has 0 spiro atoms. The summed E-state index contributed by atoms with van der Waals surface area (Å²) in [6.07, 6.45) is 1.26. The molecule has 0 radical (unpaired) electrons. The van der Waals surface area contributed by atoms with Crippen LogP contribution in [-0.2, 0) is 27.4 Å². The van der Waals surface area contributed by atoms with E-state index in [-0.39, 0.29) is 18.0 Å². The first-order chi connectivity index (χ1) is 14.9. The molecule has 4 rings (SSSR count). The summed E-state index contributed by atoms with van der Waals surface area (Å²) in [4.78, 5) is 42.7. The molecule has 0 atom stereocenters. The molecule has 0 unspecified atom stereocenters. The van der Waals surface area contributed by atoms with Crippen LogP contribution in [0.3, 0.4) is 0 Å². The summed E-state index contributed by atoms with van der Waals surface area (Å²) < 4.78 is 11.7. The Hall–Kier alpha value is -3.65. The van der Waals surface area contributed by atoms with E-state index in [4.69, 9.17) is 20.8 Å². The fraction of sp³-hybridized carbons (Fsp3) is 0.182. The lowest BCUT2D eigenvalue weighted by molar-refractivity contribution is -0.152. The maximum Gasteiger partial charge on any atom is 0.326 e.